The van der Waals surface area contributed by atoms with Crippen molar-refractivity contribution in [3.05, 3.63) is 29.3 Å². The van der Waals surface area contributed by atoms with Gasteiger partial charge in [0.2, 0.25) is 0 Å². The van der Waals surface area contributed by atoms with Crippen LogP contribution in [0.5, 0.6) is 0 Å². The average Bonchev–Trinajstić information content (AvgIpc) is 2.32. The van der Waals surface area contributed by atoms with Crippen LogP contribution in [0.4, 0.5) is 5.69 Å². The molecule has 1 atom stereocenters. The fourth-order valence-electron chi connectivity index (χ4n) is 2.79. The zero-order chi connectivity index (χ0) is 13.2. The fourth-order valence-corrected chi connectivity index (χ4v) is 2.98. The van der Waals surface area contributed by atoms with Crippen LogP contribution < -0.4 is 5.32 Å². The maximum absolute atomic E-state index is 9.66. The number of nitrogens with one attached hydrogen (secondary N) is 1. The molecule has 18 heavy (non-hydrogen) atoms. The van der Waals surface area contributed by atoms with Gasteiger partial charge >= 0.3 is 0 Å². The van der Waals surface area contributed by atoms with Crippen LogP contribution in [0.2, 0.25) is 5.02 Å². The van der Waals surface area contributed by atoms with Crippen LogP contribution in [0.15, 0.2) is 24.3 Å². The first kappa shape index (κ1) is 13.2. The lowest BCUT2D eigenvalue weighted by Gasteiger charge is -2.46. The Kier molecular flexibility index (Phi) is 3.54. The molecule has 2 rings (SSSR count). The average molecular weight is 263 g/mol. The number of benzene rings is 1. The van der Waals surface area contributed by atoms with Gasteiger partial charge in [-0.05, 0) is 37.5 Å². The molecule has 1 saturated carbocycles. The van der Waals surface area contributed by atoms with Gasteiger partial charge in [-0.15, -0.1) is 0 Å². The van der Waals surface area contributed by atoms with Crippen LogP contribution in [0, 0.1) is 16.7 Å². The third kappa shape index (κ3) is 2.33. The van der Waals surface area contributed by atoms with Crippen molar-refractivity contribution in [3.8, 4) is 6.07 Å². The minimum absolute atomic E-state index is 0.0255. The Morgan fingerprint density at radius 2 is 2.00 bits per heavy atom. The largest absolute Gasteiger partial charge is 0.367 e. The molecule has 0 spiro atoms. The van der Waals surface area contributed by atoms with Crippen molar-refractivity contribution in [1.82, 2.24) is 0 Å². The Morgan fingerprint density at radius 3 is 2.61 bits per heavy atom. The molecule has 0 heterocycles. The first-order valence-corrected chi connectivity index (χ1v) is 6.82. The highest BCUT2D eigenvalue weighted by atomic mass is 35.5. The number of rotatable bonds is 2. The number of halogens is 1. The molecule has 0 radical (unpaired) electrons. The number of hydrogen-bond acceptors (Lipinski definition) is 2. The van der Waals surface area contributed by atoms with Gasteiger partial charge in [-0.3, -0.25) is 0 Å². The molecule has 0 amide bonds. The zero-order valence-corrected chi connectivity index (χ0v) is 11.7. The minimum Gasteiger partial charge on any atom is -0.367 e. The molecule has 0 bridgehead atoms. The Hall–Kier alpha value is -1.20. The van der Waals surface area contributed by atoms with Crippen molar-refractivity contribution in [2.24, 2.45) is 5.41 Å². The highest BCUT2D eigenvalue weighted by molar-refractivity contribution is 6.30. The summed E-state index contributed by atoms with van der Waals surface area (Å²) in [6, 6.07) is 10.1. The van der Waals surface area contributed by atoms with Gasteiger partial charge in [0.1, 0.15) is 5.54 Å². The van der Waals surface area contributed by atoms with Crippen LogP contribution in [-0.2, 0) is 0 Å². The first-order valence-electron chi connectivity index (χ1n) is 6.44. The third-order valence-electron chi connectivity index (χ3n) is 4.13. The lowest BCUT2D eigenvalue weighted by Crippen LogP contribution is -2.52. The minimum atomic E-state index is -0.490. The monoisotopic (exact) mass is 262 g/mol. The molecule has 0 aliphatic heterocycles. The predicted octanol–water partition coefficient (Wildman–Crippen LogP) is 4.61. The molecule has 1 aliphatic rings. The van der Waals surface area contributed by atoms with Crippen molar-refractivity contribution in [2.45, 2.75) is 45.1 Å². The second kappa shape index (κ2) is 4.82. The molecule has 1 aromatic carbocycles. The molecule has 2 nitrogen and oxygen atoms in total. The van der Waals surface area contributed by atoms with E-state index in [-0.39, 0.29) is 5.41 Å². The summed E-state index contributed by atoms with van der Waals surface area (Å²) >= 11 is 6.00. The van der Waals surface area contributed by atoms with Crippen molar-refractivity contribution < 1.29 is 0 Å². The van der Waals surface area contributed by atoms with Crippen molar-refractivity contribution in [3.63, 3.8) is 0 Å². The molecular formula is C15H19ClN2. The summed E-state index contributed by atoms with van der Waals surface area (Å²) in [5, 5.41) is 13.8. The summed E-state index contributed by atoms with van der Waals surface area (Å²) in [5.74, 6) is 0. The van der Waals surface area contributed by atoms with E-state index in [1.54, 1.807) is 0 Å². The Morgan fingerprint density at radius 1 is 1.28 bits per heavy atom. The fraction of sp³-hybridized carbons (Fsp3) is 0.533. The second-order valence-electron chi connectivity index (χ2n) is 5.74. The van der Waals surface area contributed by atoms with Gasteiger partial charge in [0.15, 0.2) is 0 Å². The van der Waals surface area contributed by atoms with E-state index in [0.29, 0.717) is 5.02 Å². The van der Waals surface area contributed by atoms with Crippen LogP contribution in [-0.4, -0.2) is 5.54 Å². The van der Waals surface area contributed by atoms with Crippen LogP contribution >= 0.6 is 11.6 Å². The molecular weight excluding hydrogens is 244 g/mol. The topological polar surface area (TPSA) is 35.8 Å². The summed E-state index contributed by atoms with van der Waals surface area (Å²) in [7, 11) is 0. The van der Waals surface area contributed by atoms with E-state index < -0.39 is 5.54 Å². The van der Waals surface area contributed by atoms with Gasteiger partial charge in [0.05, 0.1) is 6.07 Å². The predicted molar refractivity (Wildman–Crippen MR) is 75.7 cm³/mol. The van der Waals surface area contributed by atoms with Gasteiger partial charge < -0.3 is 5.32 Å². The highest BCUT2D eigenvalue weighted by Crippen LogP contribution is 2.45. The summed E-state index contributed by atoms with van der Waals surface area (Å²) in [6.45, 7) is 4.35. The van der Waals surface area contributed by atoms with Crippen molar-refractivity contribution in [2.75, 3.05) is 5.32 Å². The highest BCUT2D eigenvalue weighted by Gasteiger charge is 2.47. The molecule has 1 N–H and O–H groups in total. The van der Waals surface area contributed by atoms with E-state index in [1.165, 1.54) is 6.42 Å². The number of anilines is 1. The van der Waals surface area contributed by atoms with Crippen LogP contribution in [0.1, 0.15) is 39.5 Å². The maximum atomic E-state index is 9.66. The Balaban J connectivity index is 2.31. The van der Waals surface area contributed by atoms with E-state index in [1.807, 2.05) is 24.3 Å². The number of nitriles is 1. The number of hydrogen-bond donors (Lipinski definition) is 1. The molecule has 1 fully saturated rings. The Bertz CT molecular complexity index is 476. The normalized spacial score (nSPS) is 26.3. The molecule has 96 valence electrons. The zero-order valence-electron chi connectivity index (χ0n) is 11.0. The van der Waals surface area contributed by atoms with Gasteiger partial charge in [0, 0.05) is 16.1 Å². The van der Waals surface area contributed by atoms with E-state index in [2.05, 4.69) is 25.2 Å². The quantitative estimate of drug-likeness (QED) is 0.845. The lowest BCUT2D eigenvalue weighted by molar-refractivity contribution is 0.164. The molecule has 0 aromatic heterocycles. The lowest BCUT2D eigenvalue weighted by atomic mass is 9.63. The smallest absolute Gasteiger partial charge is 0.130 e. The summed E-state index contributed by atoms with van der Waals surface area (Å²) in [6.07, 6.45) is 4.27. The van der Waals surface area contributed by atoms with E-state index in [0.717, 1.165) is 24.9 Å². The molecule has 1 unspecified atom stereocenters. The van der Waals surface area contributed by atoms with Crippen LogP contribution in [0.3, 0.4) is 0 Å². The molecule has 0 saturated heterocycles. The summed E-state index contributed by atoms with van der Waals surface area (Å²) in [4.78, 5) is 0. The molecule has 1 aliphatic carbocycles. The van der Waals surface area contributed by atoms with E-state index in [9.17, 15) is 5.26 Å². The third-order valence-corrected chi connectivity index (χ3v) is 4.37. The Labute approximate surface area is 114 Å². The van der Waals surface area contributed by atoms with E-state index >= 15 is 0 Å². The van der Waals surface area contributed by atoms with Crippen LogP contribution in [0.25, 0.3) is 0 Å². The molecule has 1 aromatic rings. The molecule has 3 heteroatoms. The van der Waals surface area contributed by atoms with Gasteiger partial charge in [-0.2, -0.15) is 5.26 Å². The van der Waals surface area contributed by atoms with Gasteiger partial charge in [-0.25, -0.2) is 0 Å². The second-order valence-corrected chi connectivity index (χ2v) is 6.18. The maximum Gasteiger partial charge on any atom is 0.130 e. The van der Waals surface area contributed by atoms with E-state index in [4.69, 9.17) is 11.6 Å². The van der Waals surface area contributed by atoms with Crippen molar-refractivity contribution in [1.29, 1.82) is 5.26 Å². The SMILES string of the molecule is CC1(C)CCCCC1(C#N)Nc1cccc(Cl)c1. The van der Waals surface area contributed by atoms with Crippen molar-refractivity contribution >= 4 is 17.3 Å². The first-order chi connectivity index (χ1) is 8.49. The number of nitrogens with zero attached hydrogens (tertiary/aromatic N) is 1. The summed E-state index contributed by atoms with van der Waals surface area (Å²) < 4.78 is 0. The summed E-state index contributed by atoms with van der Waals surface area (Å²) in [5.41, 5.74) is 0.414. The standard InChI is InChI=1S/C15H19ClN2/c1-14(2)8-3-4-9-15(14,11-17)18-13-7-5-6-12(16)10-13/h5-7,10,18H,3-4,8-9H2,1-2H3. The van der Waals surface area contributed by atoms with Gasteiger partial charge in [0.25, 0.3) is 0 Å². The van der Waals surface area contributed by atoms with Gasteiger partial charge in [-0.1, -0.05) is 37.9 Å².